The van der Waals surface area contributed by atoms with Crippen LogP contribution in [0.3, 0.4) is 0 Å². The summed E-state index contributed by atoms with van der Waals surface area (Å²) in [6.07, 6.45) is -12.5. The van der Waals surface area contributed by atoms with Gasteiger partial charge >= 0.3 is 0 Å². The second kappa shape index (κ2) is 39.3. The van der Waals surface area contributed by atoms with E-state index in [1.807, 2.05) is 13.8 Å². The topological polar surface area (TPSA) is 420 Å². The molecule has 3 aliphatic heterocycles. The number of ether oxygens (including phenoxy) is 10. The highest BCUT2D eigenvalue weighted by Gasteiger charge is 2.45. The van der Waals surface area contributed by atoms with Gasteiger partial charge in [0.05, 0.1) is 104 Å². The molecule has 15 atom stereocenters. The molecule has 0 saturated carbocycles. The second-order valence-corrected chi connectivity index (χ2v) is 21.0. The smallest absolute Gasteiger partial charge is 0.230 e. The fourth-order valence-electron chi connectivity index (χ4n) is 8.69. The van der Waals surface area contributed by atoms with E-state index in [4.69, 9.17) is 47.4 Å². The van der Waals surface area contributed by atoms with E-state index in [1.54, 1.807) is 20.8 Å². The van der Waals surface area contributed by atoms with E-state index < -0.39 is 135 Å². The fourth-order valence-corrected chi connectivity index (χ4v) is 8.69. The van der Waals surface area contributed by atoms with Crippen LogP contribution in [0.2, 0.25) is 0 Å². The van der Waals surface area contributed by atoms with E-state index in [-0.39, 0.29) is 129 Å². The maximum absolute atomic E-state index is 13.6. The lowest BCUT2D eigenvalue weighted by Gasteiger charge is -2.40. The number of rotatable bonds is 41. The van der Waals surface area contributed by atoms with Crippen LogP contribution in [0.5, 0.6) is 0 Å². The molecule has 0 radical (unpaired) electrons. The van der Waals surface area contributed by atoms with Crippen molar-refractivity contribution in [3.05, 3.63) is 0 Å². The summed E-state index contributed by atoms with van der Waals surface area (Å²) < 4.78 is 57.3. The normalized spacial score (nSPS) is 29.4. The number of carbonyl (C=O) groups is 5. The van der Waals surface area contributed by atoms with Crippen molar-refractivity contribution in [2.75, 3.05) is 112 Å². The summed E-state index contributed by atoms with van der Waals surface area (Å²) in [7, 11) is 0. The Kier molecular flexibility index (Phi) is 34.8. The van der Waals surface area contributed by atoms with E-state index in [9.17, 15) is 69.9 Å². The number of amides is 5. The average Bonchev–Trinajstić information content (AvgIpc) is 3.49. The summed E-state index contributed by atoms with van der Waals surface area (Å²) in [4.78, 5) is 65.1. The minimum Gasteiger partial charge on any atom is -0.394 e. The molecular formula is C52H95N5O24. The van der Waals surface area contributed by atoms with Gasteiger partial charge in [-0.25, -0.2) is 0 Å². The Balaban J connectivity index is 1.60. The quantitative estimate of drug-likeness (QED) is 0.0202. The zero-order valence-corrected chi connectivity index (χ0v) is 47.6. The minimum atomic E-state index is -1.54. The summed E-state index contributed by atoms with van der Waals surface area (Å²) in [5.74, 6) is -4.23. The zero-order chi connectivity index (χ0) is 59.9. The first-order valence-electron chi connectivity index (χ1n) is 28.1. The number of aliphatic hydroxyl groups is 9. The van der Waals surface area contributed by atoms with Crippen LogP contribution in [0.1, 0.15) is 86.0 Å². The molecule has 0 bridgehead atoms. The monoisotopic (exact) mass is 1170 g/mol. The van der Waals surface area contributed by atoms with Gasteiger partial charge in [0.25, 0.3) is 0 Å². The Morgan fingerprint density at radius 2 is 0.753 bits per heavy atom. The molecule has 0 spiro atoms. The van der Waals surface area contributed by atoms with Crippen molar-refractivity contribution in [2.24, 2.45) is 17.8 Å². The molecule has 3 saturated heterocycles. The maximum Gasteiger partial charge on any atom is 0.230 e. The molecule has 3 heterocycles. The van der Waals surface area contributed by atoms with E-state index in [0.29, 0.717) is 32.3 Å². The lowest BCUT2D eigenvalue weighted by atomic mass is 9.92. The molecule has 0 aromatic carbocycles. The molecule has 0 aliphatic carbocycles. The van der Waals surface area contributed by atoms with Gasteiger partial charge in [-0.1, -0.05) is 20.8 Å². The molecule has 29 heteroatoms. The molecule has 5 amide bonds. The Labute approximate surface area is 473 Å². The zero-order valence-electron chi connectivity index (χ0n) is 47.6. The standard InChI is InChI=1S/C52H95N5O24/c1-31(2)75-17-6-16-56-41(64)24-42(65)57-52(28-72-21-10-38(61)53-13-7-18-76-49-32(3)43(66)46(69)35(25-58)79-49,29-73-22-11-39(62)54-14-8-19-77-50-33(4)44(67)47(70)36(26-59)80-50)30-74-23-12-40(63)55-15-9-20-78-51-34(5)45(68)48(71)37(27-60)81-51/h31-37,43-51,58-60,66-71H,6-30H2,1-5H3,(H,53,61)(H,54,62)(H,55,63)(H,56,64)(H,57,65)/t32?,33?,34?,35?,36?,37?,43-,44-,45-,46-,47-,48-,49-,50-,51-,52?/m1/s1. The van der Waals surface area contributed by atoms with Crippen molar-refractivity contribution in [1.29, 1.82) is 0 Å². The van der Waals surface area contributed by atoms with Gasteiger partial charge in [-0.15, -0.1) is 0 Å². The second-order valence-electron chi connectivity index (χ2n) is 21.0. The van der Waals surface area contributed by atoms with Crippen LogP contribution in [0.25, 0.3) is 0 Å². The Morgan fingerprint density at radius 3 is 1.06 bits per heavy atom. The highest BCUT2D eigenvalue weighted by Crippen LogP contribution is 2.29. The van der Waals surface area contributed by atoms with Crippen molar-refractivity contribution in [1.82, 2.24) is 26.6 Å². The van der Waals surface area contributed by atoms with E-state index in [0.717, 1.165) is 0 Å². The van der Waals surface area contributed by atoms with Crippen LogP contribution in [0.15, 0.2) is 0 Å². The molecule has 29 nitrogen and oxygen atoms in total. The number of hydrogen-bond acceptors (Lipinski definition) is 24. The molecule has 3 rings (SSSR count). The van der Waals surface area contributed by atoms with Gasteiger partial charge in [-0.3, -0.25) is 24.0 Å². The van der Waals surface area contributed by atoms with E-state index in [1.165, 1.54) is 0 Å². The van der Waals surface area contributed by atoms with Crippen LogP contribution in [0.4, 0.5) is 0 Å². The summed E-state index contributed by atoms with van der Waals surface area (Å²) in [6.45, 7) is 7.30. The Bertz CT molecular complexity index is 1630. The highest BCUT2D eigenvalue weighted by molar-refractivity contribution is 5.97. The van der Waals surface area contributed by atoms with Crippen molar-refractivity contribution in [2.45, 2.75) is 171 Å². The van der Waals surface area contributed by atoms with Crippen LogP contribution >= 0.6 is 0 Å². The first-order chi connectivity index (χ1) is 38.7. The minimum absolute atomic E-state index is 0.000229. The Morgan fingerprint density at radius 1 is 0.444 bits per heavy atom. The van der Waals surface area contributed by atoms with E-state index in [2.05, 4.69) is 26.6 Å². The van der Waals surface area contributed by atoms with Crippen LogP contribution in [-0.2, 0) is 71.3 Å². The maximum atomic E-state index is 13.6. The van der Waals surface area contributed by atoms with Crippen LogP contribution in [-0.4, -0.2) is 273 Å². The number of aliphatic hydroxyl groups excluding tert-OH is 9. The van der Waals surface area contributed by atoms with Crippen LogP contribution in [0, 0.1) is 17.8 Å². The van der Waals surface area contributed by atoms with Crippen LogP contribution < -0.4 is 26.6 Å². The molecule has 6 unspecified atom stereocenters. The summed E-state index contributed by atoms with van der Waals surface area (Å²) >= 11 is 0. The van der Waals surface area contributed by atoms with Gasteiger partial charge in [-0.2, -0.15) is 0 Å². The highest BCUT2D eigenvalue weighted by atomic mass is 16.7. The number of nitrogens with one attached hydrogen (secondary N) is 5. The molecule has 472 valence electrons. The predicted molar refractivity (Wildman–Crippen MR) is 282 cm³/mol. The number of hydrogen-bond donors (Lipinski definition) is 14. The van der Waals surface area contributed by atoms with Crippen molar-refractivity contribution in [3.63, 3.8) is 0 Å². The SMILES string of the molecule is CC(C)OCCCNC(=O)CC(=O)NC(COCCC(=O)NCCCO[C@@H]1OC(CO)[C@@H](O)[C@H](O)C1C)(COCCC(=O)NCCCO[C@@H]1OC(CO)[C@@H](O)[C@H](O)C1C)COCCC(=O)NCCCO[C@@H]1OC(CO)[C@@H](O)[C@H](O)C1C. The summed E-state index contributed by atoms with van der Waals surface area (Å²) in [6, 6.07) is 0. The first-order valence-corrected chi connectivity index (χ1v) is 28.1. The molecule has 14 N–H and O–H groups in total. The van der Waals surface area contributed by atoms with Gasteiger partial charge in [0.15, 0.2) is 18.9 Å². The number of carbonyl (C=O) groups excluding carboxylic acids is 5. The molecule has 3 fully saturated rings. The van der Waals surface area contributed by atoms with Gasteiger partial charge in [0.2, 0.25) is 29.5 Å². The Hall–Kier alpha value is -3.41. The largest absolute Gasteiger partial charge is 0.394 e. The lowest BCUT2D eigenvalue weighted by Crippen LogP contribution is -2.59. The van der Waals surface area contributed by atoms with Gasteiger partial charge in [0.1, 0.15) is 48.6 Å². The third-order valence-corrected chi connectivity index (χ3v) is 13.7. The lowest BCUT2D eigenvalue weighted by molar-refractivity contribution is -0.282. The third kappa shape index (κ3) is 26.2. The van der Waals surface area contributed by atoms with Crippen molar-refractivity contribution < 1.29 is 117 Å². The first kappa shape index (κ1) is 71.9. The molecule has 81 heavy (non-hydrogen) atoms. The van der Waals surface area contributed by atoms with Gasteiger partial charge in [0, 0.05) is 69.8 Å². The van der Waals surface area contributed by atoms with Gasteiger partial charge in [-0.05, 0) is 39.5 Å². The average molecular weight is 1170 g/mol. The molecule has 0 aromatic rings. The molecular weight excluding hydrogens is 1080 g/mol. The fraction of sp³-hybridized carbons (Fsp3) is 0.904. The predicted octanol–water partition coefficient (Wildman–Crippen LogP) is -4.82. The molecule has 3 aliphatic rings. The van der Waals surface area contributed by atoms with Gasteiger partial charge < -0.3 is 120 Å². The molecule has 0 aromatic heterocycles. The third-order valence-electron chi connectivity index (χ3n) is 13.7. The van der Waals surface area contributed by atoms with E-state index >= 15 is 0 Å². The summed E-state index contributed by atoms with van der Waals surface area (Å²) in [5, 5.41) is 103. The van der Waals surface area contributed by atoms with Crippen molar-refractivity contribution in [3.8, 4) is 0 Å². The summed E-state index contributed by atoms with van der Waals surface area (Å²) in [5.41, 5.74) is -1.54. The van der Waals surface area contributed by atoms with Crippen molar-refractivity contribution >= 4 is 29.5 Å².